The fourth-order valence-electron chi connectivity index (χ4n) is 3.89. The molecule has 1 heterocycles. The van der Waals surface area contributed by atoms with Gasteiger partial charge in [0.05, 0.1) is 6.42 Å². The van der Waals surface area contributed by atoms with Crippen LogP contribution in [-0.4, -0.2) is 16.1 Å². The molecule has 0 atom stereocenters. The van der Waals surface area contributed by atoms with E-state index in [1.807, 2.05) is 0 Å². The van der Waals surface area contributed by atoms with Gasteiger partial charge in [-0.1, -0.05) is 24.3 Å². The van der Waals surface area contributed by atoms with Gasteiger partial charge in [-0.3, -0.25) is 9.59 Å². The quantitative estimate of drug-likeness (QED) is 0.665. The molecule has 0 saturated heterocycles. The van der Waals surface area contributed by atoms with Crippen LogP contribution in [0.3, 0.4) is 0 Å². The monoisotopic (exact) mass is 305 g/mol. The molecule has 1 saturated carbocycles. The van der Waals surface area contributed by atoms with Crippen LogP contribution in [0, 0.1) is 0 Å². The van der Waals surface area contributed by atoms with E-state index >= 15 is 0 Å². The Hall–Kier alpha value is -2.42. The summed E-state index contributed by atoms with van der Waals surface area (Å²) in [7, 11) is 0. The minimum atomic E-state index is 0.0388. The zero-order valence-corrected chi connectivity index (χ0v) is 13.2. The number of hydrogen-bond acceptors (Lipinski definition) is 2. The summed E-state index contributed by atoms with van der Waals surface area (Å²) in [6.07, 6.45) is 1.10. The number of para-hydroxylation sites is 1. The second-order valence-corrected chi connectivity index (χ2v) is 6.40. The van der Waals surface area contributed by atoms with Crippen LogP contribution >= 0.6 is 0 Å². The summed E-state index contributed by atoms with van der Waals surface area (Å²) in [5.41, 5.74) is 3.56. The van der Waals surface area contributed by atoms with Crippen molar-refractivity contribution < 1.29 is 9.59 Å². The molecule has 0 unspecified atom stereocenters. The van der Waals surface area contributed by atoms with Crippen LogP contribution in [0.25, 0.3) is 21.8 Å². The molecule has 1 aliphatic rings. The molecule has 0 amide bonds. The van der Waals surface area contributed by atoms with Gasteiger partial charge in [0.15, 0.2) is 0 Å². The molecule has 0 bridgehead atoms. The summed E-state index contributed by atoms with van der Waals surface area (Å²) >= 11 is 0. The van der Waals surface area contributed by atoms with E-state index in [4.69, 9.17) is 0 Å². The molecule has 3 heteroatoms. The van der Waals surface area contributed by atoms with E-state index < -0.39 is 0 Å². The lowest BCUT2D eigenvalue weighted by Crippen LogP contribution is -2.21. The third-order valence-electron chi connectivity index (χ3n) is 4.93. The van der Waals surface area contributed by atoms with E-state index in [1.54, 1.807) is 0 Å². The van der Waals surface area contributed by atoms with Crippen molar-refractivity contribution in [2.24, 2.45) is 0 Å². The van der Waals surface area contributed by atoms with Crippen LogP contribution < -0.4 is 0 Å². The molecular weight excluding hydrogens is 286 g/mol. The fraction of sp³-hybridized carbons (Fsp3) is 0.300. The maximum absolute atomic E-state index is 11.8. The van der Waals surface area contributed by atoms with Gasteiger partial charge in [0.1, 0.15) is 11.6 Å². The molecular formula is C20H19NO2. The first-order chi connectivity index (χ1) is 11.2. The second kappa shape index (κ2) is 5.34. The number of carbonyl (C=O) groups excluding carboxylic acids is 2. The Bertz CT molecular complexity index is 919. The van der Waals surface area contributed by atoms with Gasteiger partial charge < -0.3 is 4.57 Å². The van der Waals surface area contributed by atoms with Gasteiger partial charge in [0.25, 0.3) is 0 Å². The van der Waals surface area contributed by atoms with Crippen molar-refractivity contribution in [1.82, 2.24) is 4.57 Å². The number of aryl methyl sites for hydroxylation is 1. The number of nitrogens with zero attached hydrogens (tertiary/aromatic N) is 1. The van der Waals surface area contributed by atoms with E-state index in [-0.39, 0.29) is 23.9 Å². The predicted octanol–water partition coefficient (Wildman–Crippen LogP) is 4.22. The van der Waals surface area contributed by atoms with Crippen LogP contribution in [0.2, 0.25) is 0 Å². The molecule has 0 N–H and O–H groups in total. The molecule has 3 aromatic rings. The van der Waals surface area contributed by atoms with Gasteiger partial charge in [-0.05, 0) is 36.6 Å². The number of Topliss-reactive ketones (excluding diaryl/α,β-unsaturated/α-hetero) is 2. The highest BCUT2D eigenvalue weighted by molar-refractivity contribution is 6.08. The summed E-state index contributed by atoms with van der Waals surface area (Å²) in [4.78, 5) is 23.5. The largest absolute Gasteiger partial charge is 0.341 e. The first-order valence-corrected chi connectivity index (χ1v) is 8.21. The van der Waals surface area contributed by atoms with Crippen molar-refractivity contribution in [2.45, 2.75) is 38.6 Å². The third kappa shape index (κ3) is 2.27. The van der Waals surface area contributed by atoms with E-state index in [9.17, 15) is 9.59 Å². The zero-order chi connectivity index (χ0) is 16.0. The van der Waals surface area contributed by atoms with E-state index in [0.717, 1.165) is 12.1 Å². The number of ketones is 2. The van der Waals surface area contributed by atoms with Crippen molar-refractivity contribution in [3.63, 3.8) is 0 Å². The molecule has 4 rings (SSSR count). The van der Waals surface area contributed by atoms with Gasteiger partial charge in [0, 0.05) is 41.2 Å². The van der Waals surface area contributed by atoms with Crippen molar-refractivity contribution >= 4 is 33.4 Å². The average molecular weight is 305 g/mol. The normalized spacial score (nSPS) is 16.6. The zero-order valence-electron chi connectivity index (χ0n) is 13.2. The van der Waals surface area contributed by atoms with Crippen LogP contribution in [-0.2, 0) is 16.1 Å². The summed E-state index contributed by atoms with van der Waals surface area (Å²) in [5.74, 6) is 0.182. The third-order valence-corrected chi connectivity index (χ3v) is 4.93. The Morgan fingerprint density at radius 1 is 0.957 bits per heavy atom. The molecule has 1 aromatic heterocycles. The Morgan fingerprint density at radius 2 is 1.65 bits per heavy atom. The van der Waals surface area contributed by atoms with E-state index in [0.29, 0.717) is 12.8 Å². The number of rotatable bonds is 2. The maximum Gasteiger partial charge on any atom is 0.140 e. The lowest BCUT2D eigenvalue weighted by atomic mass is 9.82. The topological polar surface area (TPSA) is 39.1 Å². The molecule has 2 aromatic carbocycles. The van der Waals surface area contributed by atoms with Gasteiger partial charge in [-0.2, -0.15) is 0 Å². The van der Waals surface area contributed by atoms with Crippen molar-refractivity contribution in [3.05, 3.63) is 48.0 Å². The SMILES string of the molecule is CCn1c2ccccc2c2cc(C3CC(=O)CC(=O)C3)ccc21. The number of aromatic nitrogens is 1. The first kappa shape index (κ1) is 14.2. The number of fused-ring (bicyclic) bond motifs is 3. The van der Waals surface area contributed by atoms with Crippen molar-refractivity contribution in [3.8, 4) is 0 Å². The summed E-state index contributed by atoms with van der Waals surface area (Å²) in [6, 6.07) is 14.8. The molecule has 116 valence electrons. The number of hydrogen-bond donors (Lipinski definition) is 0. The Kier molecular flexibility index (Phi) is 3.29. The highest BCUT2D eigenvalue weighted by Gasteiger charge is 2.27. The van der Waals surface area contributed by atoms with Crippen LogP contribution in [0.4, 0.5) is 0 Å². The Morgan fingerprint density at radius 3 is 2.39 bits per heavy atom. The summed E-state index contributed by atoms with van der Waals surface area (Å²) in [5, 5.41) is 2.45. The van der Waals surface area contributed by atoms with E-state index in [2.05, 4.69) is 54.0 Å². The first-order valence-electron chi connectivity index (χ1n) is 8.21. The molecule has 1 aliphatic carbocycles. The Balaban J connectivity index is 1.89. The highest BCUT2D eigenvalue weighted by Crippen LogP contribution is 2.35. The minimum Gasteiger partial charge on any atom is -0.341 e. The fourth-order valence-corrected chi connectivity index (χ4v) is 3.89. The van der Waals surface area contributed by atoms with E-state index in [1.165, 1.54) is 21.8 Å². The molecule has 1 fully saturated rings. The van der Waals surface area contributed by atoms with Crippen LogP contribution in [0.1, 0.15) is 37.7 Å². The molecule has 0 radical (unpaired) electrons. The van der Waals surface area contributed by atoms with Gasteiger partial charge in [-0.15, -0.1) is 0 Å². The van der Waals surface area contributed by atoms with Crippen molar-refractivity contribution in [2.75, 3.05) is 0 Å². The molecule has 0 spiro atoms. The number of carbonyl (C=O) groups is 2. The second-order valence-electron chi connectivity index (χ2n) is 6.40. The summed E-state index contributed by atoms with van der Waals surface area (Å²) in [6.45, 7) is 3.07. The average Bonchev–Trinajstić information content (AvgIpc) is 2.87. The van der Waals surface area contributed by atoms with Crippen molar-refractivity contribution in [1.29, 1.82) is 0 Å². The minimum absolute atomic E-state index is 0.0388. The predicted molar refractivity (Wildman–Crippen MR) is 91.7 cm³/mol. The maximum atomic E-state index is 11.8. The number of benzene rings is 2. The van der Waals surface area contributed by atoms with Gasteiger partial charge >= 0.3 is 0 Å². The van der Waals surface area contributed by atoms with Gasteiger partial charge in [-0.25, -0.2) is 0 Å². The molecule has 3 nitrogen and oxygen atoms in total. The highest BCUT2D eigenvalue weighted by atomic mass is 16.1. The summed E-state index contributed by atoms with van der Waals surface area (Å²) < 4.78 is 2.31. The molecule has 23 heavy (non-hydrogen) atoms. The lowest BCUT2D eigenvalue weighted by Gasteiger charge is -2.20. The van der Waals surface area contributed by atoms with Crippen LogP contribution in [0.15, 0.2) is 42.5 Å². The van der Waals surface area contributed by atoms with Crippen LogP contribution in [0.5, 0.6) is 0 Å². The Labute approximate surface area is 134 Å². The standard InChI is InChI=1S/C20H19NO2/c1-2-21-19-6-4-3-5-17(19)18-11-13(7-8-20(18)21)14-9-15(22)12-16(23)10-14/h3-8,11,14H,2,9-10,12H2,1H3. The van der Waals surface area contributed by atoms with Gasteiger partial charge in [0.2, 0.25) is 0 Å². The lowest BCUT2D eigenvalue weighted by molar-refractivity contribution is -0.130. The molecule has 0 aliphatic heterocycles. The smallest absolute Gasteiger partial charge is 0.140 e.